The third kappa shape index (κ3) is 8.06. The molecule has 2 aromatic rings. The predicted octanol–water partition coefficient (Wildman–Crippen LogP) is 2.72. The molecule has 1 aliphatic rings. The van der Waals surface area contributed by atoms with Gasteiger partial charge in [0.1, 0.15) is 11.9 Å². The maximum Gasteiger partial charge on any atom is 0.246 e. The summed E-state index contributed by atoms with van der Waals surface area (Å²) in [6, 6.07) is 13.5. The molecular weight excluding hydrogens is 482 g/mol. The second-order valence-electron chi connectivity index (χ2n) is 9.72. The minimum Gasteiger partial charge on any atom is -0.489 e. The minimum atomic E-state index is -0.506. The van der Waals surface area contributed by atoms with Crippen molar-refractivity contribution in [2.45, 2.75) is 52.6 Å². The number of nitrogens with zero attached hydrogens (tertiary/aromatic N) is 2. The lowest BCUT2D eigenvalue weighted by molar-refractivity contribution is -0.138. The number of amides is 3. The molecule has 3 amide bonds. The molecule has 204 valence electrons. The monoisotopic (exact) mass is 521 g/mol. The van der Waals surface area contributed by atoms with Crippen molar-refractivity contribution >= 4 is 23.9 Å². The van der Waals surface area contributed by atoms with Crippen LogP contribution < -0.4 is 21.1 Å². The Kier molecular flexibility index (Phi) is 10.7. The van der Waals surface area contributed by atoms with Crippen LogP contribution in [0.1, 0.15) is 49.6 Å². The number of aromatic nitrogens is 1. The van der Waals surface area contributed by atoms with Gasteiger partial charge in [0.15, 0.2) is 0 Å². The maximum atomic E-state index is 13.4. The molecule has 1 fully saturated rings. The summed E-state index contributed by atoms with van der Waals surface area (Å²) in [5.41, 5.74) is 9.16. The highest BCUT2D eigenvalue weighted by molar-refractivity contribution is 5.99. The molecule has 1 aromatic carbocycles. The van der Waals surface area contributed by atoms with Crippen LogP contribution in [-0.4, -0.2) is 60.4 Å². The quantitative estimate of drug-likeness (QED) is 0.211. The van der Waals surface area contributed by atoms with Crippen LogP contribution in [0.4, 0.5) is 0 Å². The first-order valence-corrected chi connectivity index (χ1v) is 13.2. The van der Waals surface area contributed by atoms with E-state index in [1.165, 1.54) is 0 Å². The normalized spacial score (nSPS) is 16.7. The summed E-state index contributed by atoms with van der Waals surface area (Å²) in [6.07, 6.45) is 3.54. The molecule has 0 saturated carbocycles. The average molecular weight is 522 g/mol. The summed E-state index contributed by atoms with van der Waals surface area (Å²) in [4.78, 5) is 42.8. The van der Waals surface area contributed by atoms with E-state index in [0.29, 0.717) is 50.2 Å². The van der Waals surface area contributed by atoms with E-state index in [2.05, 4.69) is 15.6 Å². The van der Waals surface area contributed by atoms with Crippen molar-refractivity contribution in [2.24, 2.45) is 11.7 Å². The van der Waals surface area contributed by atoms with Crippen molar-refractivity contribution in [3.05, 3.63) is 65.0 Å². The topological polar surface area (TPSA) is 127 Å². The van der Waals surface area contributed by atoms with Gasteiger partial charge in [0.05, 0.1) is 18.2 Å². The standard InChI is InChI=1S/C29H39N5O4/c1-20-13-14-26(22(3)33-20)27(21(2)28(30)36)32-15-7-9-23(17-31-19-35)29(37)34-16-8-12-25(18-34)38-24-10-5-4-6-11-24/h4-6,10-11,13-14,19,23,25,32H,7-9,12,15-18H2,1-3H3,(H2,30,36)(H,31,35)/b27-21-. The van der Waals surface area contributed by atoms with Crippen LogP contribution in [0, 0.1) is 19.8 Å². The molecule has 3 rings (SSSR count). The molecule has 0 bridgehead atoms. The van der Waals surface area contributed by atoms with Gasteiger partial charge in [-0.25, -0.2) is 0 Å². The number of aryl methyl sites for hydroxylation is 2. The summed E-state index contributed by atoms with van der Waals surface area (Å²) >= 11 is 0. The first kappa shape index (κ1) is 28.7. The van der Waals surface area contributed by atoms with Gasteiger partial charge in [0.25, 0.3) is 0 Å². The van der Waals surface area contributed by atoms with E-state index in [0.717, 1.165) is 35.5 Å². The Hall–Kier alpha value is -3.88. The third-order valence-corrected chi connectivity index (χ3v) is 6.80. The molecule has 1 aromatic heterocycles. The number of para-hydroxylation sites is 1. The maximum absolute atomic E-state index is 13.4. The lowest BCUT2D eigenvalue weighted by atomic mass is 9.98. The molecule has 4 N–H and O–H groups in total. The van der Waals surface area contributed by atoms with E-state index in [9.17, 15) is 14.4 Å². The van der Waals surface area contributed by atoms with Gasteiger partial charge in [-0.05, 0) is 70.7 Å². The second-order valence-corrected chi connectivity index (χ2v) is 9.72. The van der Waals surface area contributed by atoms with E-state index in [1.807, 2.05) is 61.2 Å². The van der Waals surface area contributed by atoms with Crippen molar-refractivity contribution in [3.63, 3.8) is 0 Å². The minimum absolute atomic E-state index is 0.0170. The number of likely N-dealkylation sites (tertiary alicyclic amines) is 1. The average Bonchev–Trinajstić information content (AvgIpc) is 2.91. The number of benzene rings is 1. The van der Waals surface area contributed by atoms with Crippen LogP contribution in [-0.2, 0) is 14.4 Å². The Bertz CT molecular complexity index is 1140. The Morgan fingerprint density at radius 3 is 2.66 bits per heavy atom. The van der Waals surface area contributed by atoms with E-state index < -0.39 is 5.91 Å². The van der Waals surface area contributed by atoms with Crippen molar-refractivity contribution in [2.75, 3.05) is 26.2 Å². The molecule has 2 heterocycles. The first-order chi connectivity index (χ1) is 18.3. The Morgan fingerprint density at radius 2 is 1.97 bits per heavy atom. The summed E-state index contributed by atoms with van der Waals surface area (Å²) in [6.45, 7) is 7.49. The molecule has 9 nitrogen and oxygen atoms in total. The molecule has 0 radical (unpaired) electrons. The van der Waals surface area contributed by atoms with Gasteiger partial charge in [0, 0.05) is 42.2 Å². The zero-order chi connectivity index (χ0) is 27.5. The van der Waals surface area contributed by atoms with Gasteiger partial charge in [-0.3, -0.25) is 19.4 Å². The predicted molar refractivity (Wildman–Crippen MR) is 147 cm³/mol. The molecule has 0 aliphatic carbocycles. The van der Waals surface area contributed by atoms with E-state index >= 15 is 0 Å². The number of pyridine rings is 1. The van der Waals surface area contributed by atoms with Crippen LogP contribution in [0.2, 0.25) is 0 Å². The van der Waals surface area contributed by atoms with Crippen molar-refractivity contribution in [1.29, 1.82) is 0 Å². The molecule has 9 heteroatoms. The first-order valence-electron chi connectivity index (χ1n) is 13.2. The second kappa shape index (κ2) is 14.2. The van der Waals surface area contributed by atoms with Crippen molar-refractivity contribution in [1.82, 2.24) is 20.5 Å². The van der Waals surface area contributed by atoms with Crippen molar-refractivity contribution in [3.8, 4) is 5.75 Å². The number of nitrogens with one attached hydrogen (secondary N) is 2. The molecule has 2 unspecified atom stereocenters. The van der Waals surface area contributed by atoms with Gasteiger partial charge in [-0.15, -0.1) is 0 Å². The summed E-state index contributed by atoms with van der Waals surface area (Å²) < 4.78 is 6.10. The lowest BCUT2D eigenvalue weighted by Gasteiger charge is -2.35. The van der Waals surface area contributed by atoms with Crippen LogP contribution in [0.25, 0.3) is 5.70 Å². The van der Waals surface area contributed by atoms with Gasteiger partial charge in [-0.2, -0.15) is 0 Å². The molecule has 1 saturated heterocycles. The van der Waals surface area contributed by atoms with Crippen LogP contribution in [0.5, 0.6) is 5.75 Å². The Morgan fingerprint density at radius 1 is 1.21 bits per heavy atom. The fourth-order valence-corrected chi connectivity index (χ4v) is 4.75. The van der Waals surface area contributed by atoms with Gasteiger partial charge in [-0.1, -0.05) is 18.2 Å². The molecule has 1 aliphatic heterocycles. The van der Waals surface area contributed by atoms with Gasteiger partial charge in [0.2, 0.25) is 18.2 Å². The Labute approximate surface area is 224 Å². The highest BCUT2D eigenvalue weighted by atomic mass is 16.5. The molecule has 38 heavy (non-hydrogen) atoms. The smallest absolute Gasteiger partial charge is 0.246 e. The fraction of sp³-hybridized carbons (Fsp3) is 0.448. The summed E-state index contributed by atoms with van der Waals surface area (Å²) in [5.74, 6) is -0.0486. The SMILES string of the molecule is C/C(C(N)=O)=C(/NCCCC(CNC=O)C(=O)N1CCCC(Oc2ccccc2)C1)c1ccc(C)nc1C. The van der Waals surface area contributed by atoms with Gasteiger partial charge >= 0.3 is 0 Å². The molecule has 2 atom stereocenters. The number of ether oxygens (including phenoxy) is 1. The highest BCUT2D eigenvalue weighted by Gasteiger charge is 2.29. The largest absolute Gasteiger partial charge is 0.489 e. The number of carbonyl (C=O) groups is 3. The number of hydrogen-bond acceptors (Lipinski definition) is 6. The number of rotatable bonds is 13. The van der Waals surface area contributed by atoms with Crippen molar-refractivity contribution < 1.29 is 19.1 Å². The zero-order valence-corrected chi connectivity index (χ0v) is 22.5. The summed E-state index contributed by atoms with van der Waals surface area (Å²) in [5, 5.41) is 6.03. The summed E-state index contributed by atoms with van der Waals surface area (Å²) in [7, 11) is 0. The lowest BCUT2D eigenvalue weighted by Crippen LogP contribution is -2.48. The van der Waals surface area contributed by atoms with Crippen LogP contribution in [0.3, 0.4) is 0 Å². The number of carbonyl (C=O) groups excluding carboxylic acids is 3. The van der Waals surface area contributed by atoms with E-state index in [1.54, 1.807) is 6.92 Å². The third-order valence-electron chi connectivity index (χ3n) is 6.80. The Balaban J connectivity index is 1.62. The van der Waals surface area contributed by atoms with Crippen LogP contribution >= 0.6 is 0 Å². The van der Waals surface area contributed by atoms with E-state index in [-0.39, 0.29) is 24.5 Å². The zero-order valence-electron chi connectivity index (χ0n) is 22.5. The highest BCUT2D eigenvalue weighted by Crippen LogP contribution is 2.22. The van der Waals surface area contributed by atoms with Gasteiger partial charge < -0.3 is 26.0 Å². The fourth-order valence-electron chi connectivity index (χ4n) is 4.75. The number of nitrogens with two attached hydrogens (primary N) is 1. The van der Waals surface area contributed by atoms with Crippen LogP contribution in [0.15, 0.2) is 48.0 Å². The number of primary amides is 1. The molecule has 0 spiro atoms. The number of hydrogen-bond donors (Lipinski definition) is 3. The number of piperidine rings is 1. The van der Waals surface area contributed by atoms with E-state index in [4.69, 9.17) is 10.5 Å². The molecular formula is C29H39N5O4.